The molecule has 0 amide bonds. The van der Waals surface area contributed by atoms with Crippen LogP contribution in [0.2, 0.25) is 0 Å². The molecule has 1 aromatic rings. The zero-order chi connectivity index (χ0) is 10.7. The largest absolute Gasteiger partial charge is 0.314 e. The van der Waals surface area contributed by atoms with Gasteiger partial charge in [0.25, 0.3) is 0 Å². The summed E-state index contributed by atoms with van der Waals surface area (Å²) in [6.07, 6.45) is 6.62. The molecule has 15 heavy (non-hydrogen) atoms. The summed E-state index contributed by atoms with van der Waals surface area (Å²) in [6, 6.07) is 8.76. The maximum Gasteiger partial charge on any atom is 0.0218 e. The number of hydrogen-bond acceptors (Lipinski definition) is 1. The van der Waals surface area contributed by atoms with Crippen molar-refractivity contribution in [3.63, 3.8) is 0 Å². The highest BCUT2D eigenvalue weighted by Gasteiger charge is 2.32. The molecule has 0 bridgehead atoms. The summed E-state index contributed by atoms with van der Waals surface area (Å²) in [5.74, 6) is 0. The molecule has 0 heterocycles. The Labute approximate surface area is 92.9 Å². The second-order valence-electron chi connectivity index (χ2n) is 4.84. The second kappa shape index (κ2) is 4.36. The van der Waals surface area contributed by atoms with Gasteiger partial charge in [0.15, 0.2) is 0 Å². The number of benzene rings is 1. The SMILES string of the molecule is CNC1(Cc2ccccc2C)CCCC1. The van der Waals surface area contributed by atoms with Crippen molar-refractivity contribution in [3.05, 3.63) is 35.4 Å². The van der Waals surface area contributed by atoms with Crippen molar-refractivity contribution in [2.75, 3.05) is 7.05 Å². The van der Waals surface area contributed by atoms with E-state index in [2.05, 4.69) is 43.6 Å². The Hall–Kier alpha value is -0.820. The maximum atomic E-state index is 3.55. The Morgan fingerprint density at radius 2 is 1.87 bits per heavy atom. The van der Waals surface area contributed by atoms with Gasteiger partial charge in [-0.15, -0.1) is 0 Å². The van der Waals surface area contributed by atoms with Crippen LogP contribution < -0.4 is 5.32 Å². The van der Waals surface area contributed by atoms with Crippen molar-refractivity contribution < 1.29 is 0 Å². The van der Waals surface area contributed by atoms with E-state index in [1.54, 1.807) is 0 Å². The zero-order valence-electron chi connectivity index (χ0n) is 9.84. The lowest BCUT2D eigenvalue weighted by molar-refractivity contribution is 0.356. The van der Waals surface area contributed by atoms with Gasteiger partial charge in [-0.25, -0.2) is 0 Å². The molecule has 0 saturated heterocycles. The smallest absolute Gasteiger partial charge is 0.0218 e. The van der Waals surface area contributed by atoms with Crippen LogP contribution >= 0.6 is 0 Å². The second-order valence-corrected chi connectivity index (χ2v) is 4.84. The van der Waals surface area contributed by atoms with Gasteiger partial charge >= 0.3 is 0 Å². The number of likely N-dealkylation sites (N-methyl/N-ethyl adjacent to an activating group) is 1. The number of aryl methyl sites for hydroxylation is 1. The van der Waals surface area contributed by atoms with Gasteiger partial charge in [-0.1, -0.05) is 37.1 Å². The van der Waals surface area contributed by atoms with E-state index in [4.69, 9.17) is 0 Å². The van der Waals surface area contributed by atoms with E-state index < -0.39 is 0 Å². The van der Waals surface area contributed by atoms with Crippen molar-refractivity contribution in [1.29, 1.82) is 0 Å². The van der Waals surface area contributed by atoms with Gasteiger partial charge in [0.2, 0.25) is 0 Å². The van der Waals surface area contributed by atoms with Gasteiger partial charge in [-0.3, -0.25) is 0 Å². The predicted molar refractivity (Wildman–Crippen MR) is 65.1 cm³/mol. The van der Waals surface area contributed by atoms with Crippen LogP contribution in [0, 0.1) is 6.92 Å². The molecule has 0 aliphatic heterocycles. The molecule has 1 aliphatic rings. The Kier molecular flexibility index (Phi) is 3.11. The van der Waals surface area contributed by atoms with E-state index in [-0.39, 0.29) is 0 Å². The summed E-state index contributed by atoms with van der Waals surface area (Å²) in [5.41, 5.74) is 3.32. The van der Waals surface area contributed by atoms with Gasteiger partial charge in [0, 0.05) is 5.54 Å². The van der Waals surface area contributed by atoms with Gasteiger partial charge in [-0.05, 0) is 44.4 Å². The standard InChI is InChI=1S/C14H21N/c1-12-7-3-4-8-13(12)11-14(15-2)9-5-6-10-14/h3-4,7-8,15H,5-6,9-11H2,1-2H3. The average molecular weight is 203 g/mol. The summed E-state index contributed by atoms with van der Waals surface area (Å²) in [6.45, 7) is 2.22. The van der Waals surface area contributed by atoms with E-state index in [1.165, 1.54) is 43.2 Å². The lowest BCUT2D eigenvalue weighted by Crippen LogP contribution is -2.42. The first-order valence-electron chi connectivity index (χ1n) is 5.99. The maximum absolute atomic E-state index is 3.55. The molecular formula is C14H21N. The summed E-state index contributed by atoms with van der Waals surface area (Å²) < 4.78 is 0. The third kappa shape index (κ3) is 2.23. The first-order valence-corrected chi connectivity index (χ1v) is 5.99. The van der Waals surface area contributed by atoms with Crippen molar-refractivity contribution >= 4 is 0 Å². The lowest BCUT2D eigenvalue weighted by atomic mass is 9.87. The van der Waals surface area contributed by atoms with Crippen LogP contribution in [0.4, 0.5) is 0 Å². The van der Waals surface area contributed by atoms with Crippen LogP contribution in [0.5, 0.6) is 0 Å². The van der Waals surface area contributed by atoms with Crippen LogP contribution in [-0.4, -0.2) is 12.6 Å². The quantitative estimate of drug-likeness (QED) is 0.796. The molecule has 0 spiro atoms. The van der Waals surface area contributed by atoms with Crippen LogP contribution in [-0.2, 0) is 6.42 Å². The van der Waals surface area contributed by atoms with Crippen molar-refractivity contribution in [1.82, 2.24) is 5.32 Å². The highest BCUT2D eigenvalue weighted by molar-refractivity contribution is 5.27. The van der Waals surface area contributed by atoms with E-state index in [9.17, 15) is 0 Å². The van der Waals surface area contributed by atoms with Crippen molar-refractivity contribution in [3.8, 4) is 0 Å². The molecule has 1 heteroatoms. The van der Waals surface area contributed by atoms with Gasteiger partial charge in [0.1, 0.15) is 0 Å². The predicted octanol–water partition coefficient (Wildman–Crippen LogP) is 3.07. The summed E-state index contributed by atoms with van der Waals surface area (Å²) in [7, 11) is 2.11. The fraction of sp³-hybridized carbons (Fsp3) is 0.571. The summed E-state index contributed by atoms with van der Waals surface area (Å²) in [5, 5.41) is 3.55. The molecule has 0 aromatic heterocycles. The van der Waals surface area contributed by atoms with Crippen LogP contribution in [0.1, 0.15) is 36.8 Å². The van der Waals surface area contributed by atoms with E-state index in [0.29, 0.717) is 5.54 Å². The molecular weight excluding hydrogens is 182 g/mol. The lowest BCUT2D eigenvalue weighted by Gasteiger charge is -2.29. The summed E-state index contributed by atoms with van der Waals surface area (Å²) in [4.78, 5) is 0. The third-order valence-corrected chi connectivity index (χ3v) is 3.88. The van der Waals surface area contributed by atoms with Crippen LogP contribution in [0.25, 0.3) is 0 Å². The Bertz CT molecular complexity index is 324. The fourth-order valence-corrected chi connectivity index (χ4v) is 2.74. The highest BCUT2D eigenvalue weighted by Crippen LogP contribution is 2.32. The molecule has 1 fully saturated rings. The number of hydrogen-bond donors (Lipinski definition) is 1. The van der Waals surface area contributed by atoms with Crippen molar-refractivity contribution in [2.45, 2.75) is 44.6 Å². The van der Waals surface area contributed by atoms with E-state index in [0.717, 1.165) is 0 Å². The molecule has 0 unspecified atom stereocenters. The minimum Gasteiger partial charge on any atom is -0.314 e. The molecule has 1 saturated carbocycles. The molecule has 0 radical (unpaired) electrons. The topological polar surface area (TPSA) is 12.0 Å². The van der Waals surface area contributed by atoms with Gasteiger partial charge in [-0.2, -0.15) is 0 Å². The molecule has 0 atom stereocenters. The van der Waals surface area contributed by atoms with Gasteiger partial charge < -0.3 is 5.32 Å². The molecule has 82 valence electrons. The molecule has 2 rings (SSSR count). The van der Waals surface area contributed by atoms with Gasteiger partial charge in [0.05, 0.1) is 0 Å². The minimum atomic E-state index is 0.381. The first kappa shape index (κ1) is 10.7. The summed E-state index contributed by atoms with van der Waals surface area (Å²) >= 11 is 0. The van der Waals surface area contributed by atoms with Crippen LogP contribution in [0.15, 0.2) is 24.3 Å². The number of rotatable bonds is 3. The Morgan fingerprint density at radius 3 is 2.47 bits per heavy atom. The Balaban J connectivity index is 2.16. The van der Waals surface area contributed by atoms with Crippen LogP contribution in [0.3, 0.4) is 0 Å². The zero-order valence-corrected chi connectivity index (χ0v) is 9.84. The molecule has 1 aliphatic carbocycles. The number of nitrogens with one attached hydrogen (secondary N) is 1. The molecule has 1 N–H and O–H groups in total. The average Bonchev–Trinajstić information content (AvgIpc) is 2.71. The normalized spacial score (nSPS) is 19.3. The fourth-order valence-electron chi connectivity index (χ4n) is 2.74. The highest BCUT2D eigenvalue weighted by atomic mass is 14.9. The molecule has 1 nitrogen and oxygen atoms in total. The first-order chi connectivity index (χ1) is 7.26. The third-order valence-electron chi connectivity index (χ3n) is 3.88. The van der Waals surface area contributed by atoms with Crippen molar-refractivity contribution in [2.24, 2.45) is 0 Å². The molecule has 1 aromatic carbocycles. The van der Waals surface area contributed by atoms with E-state index >= 15 is 0 Å². The minimum absolute atomic E-state index is 0.381. The monoisotopic (exact) mass is 203 g/mol. The van der Waals surface area contributed by atoms with E-state index in [1.807, 2.05) is 0 Å². The Morgan fingerprint density at radius 1 is 1.20 bits per heavy atom.